The van der Waals surface area contributed by atoms with Gasteiger partial charge in [-0.15, -0.1) is 10.2 Å². The van der Waals surface area contributed by atoms with Crippen LogP contribution in [0.2, 0.25) is 0 Å². The van der Waals surface area contributed by atoms with Crippen LogP contribution >= 0.6 is 23.1 Å². The molecular formula is C18H24N8O4S2. The molecule has 1 aliphatic heterocycles. The van der Waals surface area contributed by atoms with Crippen molar-refractivity contribution in [2.24, 2.45) is 7.05 Å². The van der Waals surface area contributed by atoms with Crippen LogP contribution < -0.4 is 16.1 Å². The lowest BCUT2D eigenvalue weighted by molar-refractivity contribution is 0.105. The summed E-state index contributed by atoms with van der Waals surface area (Å²) in [6.07, 6.45) is -0.330. The van der Waals surface area contributed by atoms with Gasteiger partial charge in [0.05, 0.1) is 6.61 Å². The van der Waals surface area contributed by atoms with Crippen molar-refractivity contribution in [3.05, 3.63) is 25.8 Å². The van der Waals surface area contributed by atoms with Gasteiger partial charge in [-0.3, -0.25) is 14.3 Å². The maximum atomic E-state index is 12.7. The lowest BCUT2D eigenvalue weighted by atomic mass is 10.3. The highest BCUT2D eigenvalue weighted by molar-refractivity contribution is 8.01. The Morgan fingerprint density at radius 3 is 2.62 bits per heavy atom. The molecule has 0 radical (unpaired) electrons. The fourth-order valence-electron chi connectivity index (χ4n) is 3.54. The number of carbonyl (C=O) groups excluding carboxylic acids is 1. The van der Waals surface area contributed by atoms with Crippen LogP contribution in [0.4, 0.5) is 10.7 Å². The lowest BCUT2D eigenvalue weighted by Gasteiger charge is -2.34. The summed E-state index contributed by atoms with van der Waals surface area (Å²) >= 11 is 3.07. The van der Waals surface area contributed by atoms with Gasteiger partial charge in [0.25, 0.3) is 5.56 Å². The first kappa shape index (κ1) is 22.3. The van der Waals surface area contributed by atoms with Crippen molar-refractivity contribution in [1.82, 2.24) is 34.2 Å². The predicted octanol–water partition coefficient (Wildman–Crippen LogP) is 0.654. The Kier molecular flexibility index (Phi) is 6.50. The zero-order chi connectivity index (χ0) is 22.8. The Balaban J connectivity index is 1.62. The van der Waals surface area contributed by atoms with E-state index in [1.54, 1.807) is 30.6 Å². The van der Waals surface area contributed by atoms with E-state index in [1.165, 1.54) is 15.9 Å². The Morgan fingerprint density at radius 2 is 1.97 bits per heavy atom. The average Bonchev–Trinajstić information content (AvgIpc) is 3.36. The molecule has 1 N–H and O–H groups in total. The highest BCUT2D eigenvalue weighted by atomic mass is 32.2. The number of fused-ring (bicyclic) bond motifs is 1. The van der Waals surface area contributed by atoms with Crippen molar-refractivity contribution in [2.75, 3.05) is 43.4 Å². The van der Waals surface area contributed by atoms with Crippen molar-refractivity contribution in [3.63, 3.8) is 0 Å². The van der Waals surface area contributed by atoms with E-state index in [-0.39, 0.29) is 6.09 Å². The molecule has 172 valence electrons. The van der Waals surface area contributed by atoms with Crippen LogP contribution in [0.25, 0.3) is 11.2 Å². The molecule has 0 aliphatic carbocycles. The number of ether oxygens (including phenoxy) is 1. The van der Waals surface area contributed by atoms with Crippen LogP contribution in [0.5, 0.6) is 0 Å². The summed E-state index contributed by atoms with van der Waals surface area (Å²) in [5.41, 5.74) is -0.296. The number of aromatic nitrogens is 6. The molecule has 0 unspecified atom stereocenters. The number of imidazole rings is 1. The number of aromatic amines is 1. The van der Waals surface area contributed by atoms with Gasteiger partial charge < -0.3 is 19.1 Å². The van der Waals surface area contributed by atoms with Gasteiger partial charge in [0.1, 0.15) is 5.01 Å². The number of hydrogen-bond donors (Lipinski definition) is 1. The molecule has 0 aromatic carbocycles. The second-order valence-electron chi connectivity index (χ2n) is 7.16. The van der Waals surface area contributed by atoms with E-state index in [4.69, 9.17) is 4.74 Å². The zero-order valence-electron chi connectivity index (χ0n) is 18.0. The van der Waals surface area contributed by atoms with Gasteiger partial charge in [-0.1, -0.05) is 23.1 Å². The largest absolute Gasteiger partial charge is 0.450 e. The molecule has 0 bridgehead atoms. The third kappa shape index (κ3) is 4.37. The first-order valence-corrected chi connectivity index (χ1v) is 12.0. The molecule has 3 aromatic heterocycles. The van der Waals surface area contributed by atoms with Gasteiger partial charge in [0.2, 0.25) is 5.95 Å². The Bertz CT molecular complexity index is 1240. The Morgan fingerprint density at radius 1 is 1.22 bits per heavy atom. The molecule has 0 saturated carbocycles. The summed E-state index contributed by atoms with van der Waals surface area (Å²) in [6, 6.07) is 0. The van der Waals surface area contributed by atoms with E-state index in [1.807, 2.05) is 16.4 Å². The van der Waals surface area contributed by atoms with E-state index >= 15 is 0 Å². The monoisotopic (exact) mass is 480 g/mol. The van der Waals surface area contributed by atoms with Gasteiger partial charge in [-0.25, -0.2) is 9.59 Å². The highest BCUT2D eigenvalue weighted by Crippen LogP contribution is 2.25. The smallest absolute Gasteiger partial charge is 0.409 e. The van der Waals surface area contributed by atoms with Crippen LogP contribution in [0.15, 0.2) is 13.9 Å². The maximum absolute atomic E-state index is 12.7. The quantitative estimate of drug-likeness (QED) is 0.505. The molecule has 4 rings (SSSR count). The van der Waals surface area contributed by atoms with Crippen LogP contribution in [0.1, 0.15) is 11.9 Å². The van der Waals surface area contributed by atoms with E-state index in [9.17, 15) is 14.4 Å². The number of nitrogens with one attached hydrogen (secondary N) is 1. The summed E-state index contributed by atoms with van der Waals surface area (Å²) in [5, 5.41) is 9.05. The second kappa shape index (κ2) is 9.32. The SMILES string of the molecule is CCOC(=O)N1CCN(c2nc3c(c(=O)[nH]c(=O)n3C)n2CCSc2nnc(C)s2)CC1. The number of amides is 1. The number of carbonyl (C=O) groups is 1. The predicted molar refractivity (Wildman–Crippen MR) is 122 cm³/mol. The number of aryl methyl sites for hydroxylation is 3. The Labute approximate surface area is 191 Å². The fourth-order valence-corrected chi connectivity index (χ4v) is 5.35. The number of nitrogens with zero attached hydrogens (tertiary/aromatic N) is 7. The minimum atomic E-state index is -0.510. The summed E-state index contributed by atoms with van der Waals surface area (Å²) in [7, 11) is 1.58. The highest BCUT2D eigenvalue weighted by Gasteiger charge is 2.27. The topological polar surface area (TPSA) is 131 Å². The van der Waals surface area contributed by atoms with Crippen molar-refractivity contribution in [3.8, 4) is 0 Å². The maximum Gasteiger partial charge on any atom is 0.409 e. The third-order valence-electron chi connectivity index (χ3n) is 5.12. The Hall–Kier alpha value is -2.87. The van der Waals surface area contributed by atoms with Crippen LogP contribution in [0, 0.1) is 6.92 Å². The van der Waals surface area contributed by atoms with Crippen LogP contribution in [-0.2, 0) is 18.3 Å². The molecule has 3 aromatic rings. The lowest BCUT2D eigenvalue weighted by Crippen LogP contribution is -2.49. The molecule has 1 amide bonds. The van der Waals surface area contributed by atoms with E-state index in [2.05, 4.69) is 20.2 Å². The minimum Gasteiger partial charge on any atom is -0.450 e. The number of rotatable bonds is 6. The number of H-pyrrole nitrogens is 1. The van der Waals surface area contributed by atoms with Crippen LogP contribution in [0.3, 0.4) is 0 Å². The number of thioether (sulfide) groups is 1. The van der Waals surface area contributed by atoms with Crippen molar-refractivity contribution in [1.29, 1.82) is 0 Å². The third-order valence-corrected chi connectivity index (χ3v) is 7.08. The van der Waals surface area contributed by atoms with Gasteiger partial charge in [0.15, 0.2) is 15.5 Å². The van der Waals surface area contributed by atoms with E-state index < -0.39 is 11.2 Å². The number of hydrogen-bond acceptors (Lipinski definition) is 10. The van der Waals surface area contributed by atoms with Crippen molar-refractivity contribution in [2.45, 2.75) is 24.7 Å². The van der Waals surface area contributed by atoms with E-state index in [0.29, 0.717) is 62.2 Å². The standard InChI is InChI=1S/C18H24N8O4S2/c1-4-30-18(29)25-7-5-24(6-8-25)15-19-13-12(14(27)20-16(28)23(13)3)26(15)9-10-31-17-22-21-11(2)32-17/h4-10H2,1-3H3,(H,20,27,28). The molecule has 0 spiro atoms. The molecule has 1 saturated heterocycles. The van der Waals surface area contributed by atoms with Crippen LogP contribution in [-0.4, -0.2) is 78.8 Å². The summed E-state index contributed by atoms with van der Waals surface area (Å²) in [6.45, 7) is 6.55. The first-order chi connectivity index (χ1) is 15.4. The number of piperazine rings is 1. The molecule has 12 nitrogen and oxygen atoms in total. The first-order valence-electron chi connectivity index (χ1n) is 10.2. The fraction of sp³-hybridized carbons (Fsp3) is 0.556. The molecule has 32 heavy (non-hydrogen) atoms. The molecule has 1 fully saturated rings. The van der Waals surface area contributed by atoms with Gasteiger partial charge in [-0.2, -0.15) is 4.98 Å². The van der Waals surface area contributed by atoms with Crippen molar-refractivity contribution >= 4 is 46.3 Å². The average molecular weight is 481 g/mol. The summed E-state index contributed by atoms with van der Waals surface area (Å²) < 4.78 is 9.13. The molecule has 1 aliphatic rings. The molecular weight excluding hydrogens is 456 g/mol. The number of anilines is 1. The molecule has 4 heterocycles. The van der Waals surface area contributed by atoms with Gasteiger partial charge >= 0.3 is 11.8 Å². The van der Waals surface area contributed by atoms with Gasteiger partial charge in [-0.05, 0) is 13.8 Å². The normalized spacial score (nSPS) is 14.3. The molecule has 0 atom stereocenters. The van der Waals surface area contributed by atoms with Crippen molar-refractivity contribution < 1.29 is 9.53 Å². The summed E-state index contributed by atoms with van der Waals surface area (Å²) in [4.78, 5) is 47.5. The molecule has 14 heteroatoms. The minimum absolute atomic E-state index is 0.330. The van der Waals surface area contributed by atoms with E-state index in [0.717, 1.165) is 9.35 Å². The van der Waals surface area contributed by atoms with Gasteiger partial charge in [0, 0.05) is 45.5 Å². The second-order valence-corrected chi connectivity index (χ2v) is 9.69. The summed E-state index contributed by atoms with van der Waals surface area (Å²) in [5.74, 6) is 1.25. The zero-order valence-corrected chi connectivity index (χ0v) is 19.7.